The Hall–Kier alpha value is -2.71. The molecule has 1 N–H and O–H groups in total. The number of hydrogen-bond acceptors (Lipinski definition) is 6. The summed E-state index contributed by atoms with van der Waals surface area (Å²) in [4.78, 5) is 16.4. The molecule has 2 heterocycles. The van der Waals surface area contributed by atoms with E-state index in [4.69, 9.17) is 4.74 Å². The van der Waals surface area contributed by atoms with Gasteiger partial charge in [-0.3, -0.25) is 14.3 Å². The molecule has 0 saturated carbocycles. The third-order valence-electron chi connectivity index (χ3n) is 4.31. The summed E-state index contributed by atoms with van der Waals surface area (Å²) in [5, 5.41) is 12.3. The highest BCUT2D eigenvalue weighted by Crippen LogP contribution is 2.31. The number of nitrogens with one attached hydrogen (secondary N) is 1. The Labute approximate surface area is 174 Å². The van der Waals surface area contributed by atoms with Crippen molar-refractivity contribution in [2.75, 3.05) is 26.0 Å². The smallest absolute Gasteiger partial charge is 0.230 e. The van der Waals surface area contributed by atoms with Gasteiger partial charge in [-0.1, -0.05) is 43.8 Å². The lowest BCUT2D eigenvalue weighted by atomic mass is 10.0. The fourth-order valence-electron chi connectivity index (χ4n) is 2.92. The van der Waals surface area contributed by atoms with Crippen molar-refractivity contribution in [1.82, 2.24) is 25.1 Å². The van der Waals surface area contributed by atoms with E-state index in [1.165, 1.54) is 17.3 Å². The van der Waals surface area contributed by atoms with Gasteiger partial charge in [0.2, 0.25) is 5.91 Å². The molecule has 0 atom stereocenters. The molecule has 0 radical (unpaired) electrons. The second-order valence-corrected chi connectivity index (χ2v) is 7.67. The molecule has 1 aromatic carbocycles. The van der Waals surface area contributed by atoms with Crippen LogP contribution in [0, 0.1) is 0 Å². The molecule has 0 saturated heterocycles. The number of methoxy groups -OCH3 is 1. The number of aromatic nitrogens is 4. The van der Waals surface area contributed by atoms with E-state index in [2.05, 4.69) is 46.5 Å². The summed E-state index contributed by atoms with van der Waals surface area (Å²) in [5.41, 5.74) is 3.06. The summed E-state index contributed by atoms with van der Waals surface area (Å²) in [6.07, 6.45) is 3.50. The molecule has 0 aliphatic heterocycles. The Morgan fingerprint density at radius 2 is 2.03 bits per heavy atom. The molecule has 0 fully saturated rings. The summed E-state index contributed by atoms with van der Waals surface area (Å²) in [5.74, 6) is 1.21. The number of amides is 1. The highest BCUT2D eigenvalue weighted by Gasteiger charge is 2.20. The van der Waals surface area contributed by atoms with Crippen LogP contribution >= 0.6 is 11.8 Å². The fourth-order valence-corrected chi connectivity index (χ4v) is 3.69. The van der Waals surface area contributed by atoms with Gasteiger partial charge in [-0.2, -0.15) is 0 Å². The summed E-state index contributed by atoms with van der Waals surface area (Å²) in [7, 11) is 1.61. The van der Waals surface area contributed by atoms with Gasteiger partial charge in [0.25, 0.3) is 0 Å². The Kier molecular flexibility index (Phi) is 7.37. The predicted molar refractivity (Wildman–Crippen MR) is 114 cm³/mol. The van der Waals surface area contributed by atoms with Crippen LogP contribution in [0.1, 0.15) is 25.3 Å². The molecule has 2 aromatic heterocycles. The van der Waals surface area contributed by atoms with Gasteiger partial charge >= 0.3 is 0 Å². The monoisotopic (exact) mass is 411 g/mol. The molecule has 152 valence electrons. The van der Waals surface area contributed by atoms with E-state index in [9.17, 15) is 4.79 Å². The SMILES string of the molecule is COCCNC(=O)CSc1nnc(-c2cccnc2)n1-c1ccccc1C(C)C. The number of thioether (sulfide) groups is 1. The number of ether oxygens (including phenoxy) is 1. The van der Waals surface area contributed by atoms with Gasteiger partial charge in [-0.25, -0.2) is 0 Å². The fraction of sp³-hybridized carbons (Fsp3) is 0.333. The normalized spacial score (nSPS) is 11.0. The molecule has 3 aromatic rings. The number of pyridine rings is 1. The molecular weight excluding hydrogens is 386 g/mol. The van der Waals surface area contributed by atoms with Crippen LogP contribution in [0.5, 0.6) is 0 Å². The van der Waals surface area contributed by atoms with Crippen molar-refractivity contribution in [1.29, 1.82) is 0 Å². The molecule has 3 rings (SSSR count). The first-order valence-electron chi connectivity index (χ1n) is 9.45. The van der Waals surface area contributed by atoms with E-state index in [0.29, 0.717) is 30.1 Å². The maximum atomic E-state index is 12.1. The minimum absolute atomic E-state index is 0.0679. The molecule has 0 spiro atoms. The van der Waals surface area contributed by atoms with Crippen molar-refractivity contribution >= 4 is 17.7 Å². The molecule has 29 heavy (non-hydrogen) atoms. The predicted octanol–water partition coefficient (Wildman–Crippen LogP) is 3.31. The Balaban J connectivity index is 1.96. The summed E-state index contributed by atoms with van der Waals surface area (Å²) in [6, 6.07) is 12.0. The minimum Gasteiger partial charge on any atom is -0.383 e. The first-order chi connectivity index (χ1) is 14.1. The number of carbonyl (C=O) groups excluding carboxylic acids is 1. The Morgan fingerprint density at radius 3 is 2.76 bits per heavy atom. The van der Waals surface area contributed by atoms with Crippen molar-refractivity contribution < 1.29 is 9.53 Å². The van der Waals surface area contributed by atoms with Crippen LogP contribution in [-0.4, -0.2) is 51.7 Å². The van der Waals surface area contributed by atoms with Crippen LogP contribution in [0.2, 0.25) is 0 Å². The van der Waals surface area contributed by atoms with Gasteiger partial charge in [0.05, 0.1) is 18.0 Å². The molecule has 1 amide bonds. The molecule has 7 nitrogen and oxygen atoms in total. The van der Waals surface area contributed by atoms with Gasteiger partial charge in [0, 0.05) is 31.6 Å². The number of nitrogens with zero attached hydrogens (tertiary/aromatic N) is 4. The zero-order valence-electron chi connectivity index (χ0n) is 16.8. The number of benzene rings is 1. The summed E-state index contributed by atoms with van der Waals surface area (Å²) < 4.78 is 6.98. The van der Waals surface area contributed by atoms with Gasteiger partial charge in [-0.05, 0) is 29.7 Å². The Morgan fingerprint density at radius 1 is 1.21 bits per heavy atom. The van der Waals surface area contributed by atoms with Crippen LogP contribution < -0.4 is 5.32 Å². The zero-order valence-corrected chi connectivity index (χ0v) is 17.6. The van der Waals surface area contributed by atoms with Crippen LogP contribution in [-0.2, 0) is 9.53 Å². The quantitative estimate of drug-likeness (QED) is 0.430. The summed E-state index contributed by atoms with van der Waals surface area (Å²) in [6.45, 7) is 5.28. The number of carbonyl (C=O) groups is 1. The van der Waals surface area contributed by atoms with E-state index < -0.39 is 0 Å². The number of rotatable bonds is 9. The second kappa shape index (κ2) is 10.2. The van der Waals surface area contributed by atoms with E-state index >= 15 is 0 Å². The molecule has 0 aliphatic rings. The average Bonchev–Trinajstić information content (AvgIpc) is 3.17. The van der Waals surface area contributed by atoms with Crippen LogP contribution in [0.25, 0.3) is 17.1 Å². The minimum atomic E-state index is -0.0679. The highest BCUT2D eigenvalue weighted by atomic mass is 32.2. The average molecular weight is 412 g/mol. The zero-order chi connectivity index (χ0) is 20.6. The van der Waals surface area contributed by atoms with Crippen LogP contribution in [0.3, 0.4) is 0 Å². The number of hydrogen-bond donors (Lipinski definition) is 1. The van der Waals surface area contributed by atoms with Crippen LogP contribution in [0.15, 0.2) is 53.9 Å². The standard InChI is InChI=1S/C21H25N5O2S/c1-15(2)17-8-4-5-9-18(17)26-20(16-7-6-10-22-13-16)24-25-21(26)29-14-19(27)23-11-12-28-3/h4-10,13,15H,11-12,14H2,1-3H3,(H,23,27). The van der Waals surface area contributed by atoms with E-state index in [1.807, 2.05) is 28.8 Å². The lowest BCUT2D eigenvalue weighted by Gasteiger charge is -2.16. The van der Waals surface area contributed by atoms with Crippen LogP contribution in [0.4, 0.5) is 0 Å². The first kappa shape index (κ1) is 21.0. The third-order valence-corrected chi connectivity index (χ3v) is 5.24. The van der Waals surface area contributed by atoms with Crippen molar-refractivity contribution in [3.8, 4) is 17.1 Å². The van der Waals surface area contributed by atoms with Gasteiger partial charge in [0.15, 0.2) is 11.0 Å². The number of para-hydroxylation sites is 1. The molecule has 0 aliphatic carbocycles. The first-order valence-corrected chi connectivity index (χ1v) is 10.4. The van der Waals surface area contributed by atoms with E-state index in [0.717, 1.165) is 11.3 Å². The molecule has 0 bridgehead atoms. The molecule has 0 unspecified atom stereocenters. The largest absolute Gasteiger partial charge is 0.383 e. The maximum Gasteiger partial charge on any atom is 0.230 e. The second-order valence-electron chi connectivity index (χ2n) is 6.73. The summed E-state index contributed by atoms with van der Waals surface area (Å²) >= 11 is 1.36. The third kappa shape index (κ3) is 5.21. The van der Waals surface area contributed by atoms with Crippen molar-refractivity contribution in [3.63, 3.8) is 0 Å². The maximum absolute atomic E-state index is 12.1. The lowest BCUT2D eigenvalue weighted by Crippen LogP contribution is -2.28. The molecule has 8 heteroatoms. The molecular formula is C21H25N5O2S. The van der Waals surface area contributed by atoms with Crippen molar-refractivity contribution in [3.05, 3.63) is 54.4 Å². The highest BCUT2D eigenvalue weighted by molar-refractivity contribution is 7.99. The van der Waals surface area contributed by atoms with Gasteiger partial charge in [0.1, 0.15) is 0 Å². The Bertz CT molecular complexity index is 943. The van der Waals surface area contributed by atoms with Gasteiger partial charge < -0.3 is 10.1 Å². The van der Waals surface area contributed by atoms with E-state index in [-0.39, 0.29) is 11.7 Å². The van der Waals surface area contributed by atoms with Crippen molar-refractivity contribution in [2.24, 2.45) is 0 Å². The topological polar surface area (TPSA) is 81.9 Å². The van der Waals surface area contributed by atoms with E-state index in [1.54, 1.807) is 19.5 Å². The lowest BCUT2D eigenvalue weighted by molar-refractivity contribution is -0.118. The van der Waals surface area contributed by atoms with Gasteiger partial charge in [-0.15, -0.1) is 10.2 Å². The van der Waals surface area contributed by atoms with Crippen molar-refractivity contribution in [2.45, 2.75) is 24.9 Å².